The molecule has 17 heavy (non-hydrogen) atoms. The second-order valence-corrected chi connectivity index (χ2v) is 4.82. The molecule has 2 atom stereocenters. The highest BCUT2D eigenvalue weighted by Gasteiger charge is 2.24. The van der Waals surface area contributed by atoms with E-state index in [1.165, 1.54) is 0 Å². The van der Waals surface area contributed by atoms with Crippen molar-refractivity contribution in [2.45, 2.75) is 44.7 Å². The van der Waals surface area contributed by atoms with Crippen molar-refractivity contribution in [3.63, 3.8) is 0 Å². The molecule has 1 aromatic rings. The number of amides is 1. The average Bonchev–Trinajstić information content (AvgIpc) is 2.63. The van der Waals surface area contributed by atoms with Crippen LogP contribution in [0.25, 0.3) is 0 Å². The molecule has 1 fully saturated rings. The van der Waals surface area contributed by atoms with Crippen LogP contribution in [0.15, 0.2) is 6.07 Å². The number of rotatable bonds is 2. The number of carbonyl (C=O) groups excluding carboxylic acids is 1. The van der Waals surface area contributed by atoms with Crippen LogP contribution in [-0.2, 0) is 7.05 Å². The second kappa shape index (κ2) is 4.87. The molecule has 1 amide bonds. The van der Waals surface area contributed by atoms with Crippen LogP contribution in [0, 0.1) is 6.92 Å². The normalized spacial score (nSPS) is 24.6. The highest BCUT2D eigenvalue weighted by atomic mass is 16.2. The van der Waals surface area contributed by atoms with Crippen molar-refractivity contribution >= 4 is 5.91 Å². The lowest BCUT2D eigenvalue weighted by Crippen LogP contribution is -2.49. The summed E-state index contributed by atoms with van der Waals surface area (Å²) in [6, 6.07) is 1.97. The molecule has 5 nitrogen and oxygen atoms in total. The topological polar surface area (TPSA) is 72.9 Å². The molecule has 94 valence electrons. The van der Waals surface area contributed by atoms with Crippen LogP contribution in [0.3, 0.4) is 0 Å². The summed E-state index contributed by atoms with van der Waals surface area (Å²) < 4.78 is 1.70. The molecule has 0 bridgehead atoms. The first-order valence-electron chi connectivity index (χ1n) is 6.15. The fourth-order valence-electron chi connectivity index (χ4n) is 2.25. The summed E-state index contributed by atoms with van der Waals surface area (Å²) in [4.78, 5) is 12.0. The standard InChI is InChI=1S/C12H20N4O/c1-8-7-11(15-16(8)2)12(17)14-10-6-4-3-5-9(10)13/h7,9-10H,3-6,13H2,1-2H3,(H,14,17)/t9-,10-/m1/s1. The van der Waals surface area contributed by atoms with E-state index in [1.54, 1.807) is 10.7 Å². The first-order valence-corrected chi connectivity index (χ1v) is 6.15. The van der Waals surface area contributed by atoms with E-state index in [1.807, 2.05) is 14.0 Å². The number of aromatic nitrogens is 2. The number of hydrogen-bond donors (Lipinski definition) is 2. The zero-order valence-electron chi connectivity index (χ0n) is 10.4. The Kier molecular flexibility index (Phi) is 3.47. The van der Waals surface area contributed by atoms with Gasteiger partial charge in [-0.25, -0.2) is 0 Å². The Labute approximate surface area is 101 Å². The molecular formula is C12H20N4O. The zero-order chi connectivity index (χ0) is 12.4. The van der Waals surface area contributed by atoms with Crippen LogP contribution in [0.4, 0.5) is 0 Å². The minimum Gasteiger partial charge on any atom is -0.346 e. The van der Waals surface area contributed by atoms with Crippen molar-refractivity contribution in [2.24, 2.45) is 12.8 Å². The Hall–Kier alpha value is -1.36. The summed E-state index contributed by atoms with van der Waals surface area (Å²) in [5.74, 6) is -0.115. The molecule has 1 aliphatic carbocycles. The van der Waals surface area contributed by atoms with Crippen molar-refractivity contribution in [3.05, 3.63) is 17.5 Å². The molecule has 0 aliphatic heterocycles. The summed E-state index contributed by atoms with van der Waals surface area (Å²) >= 11 is 0. The molecule has 5 heteroatoms. The van der Waals surface area contributed by atoms with Gasteiger partial charge in [-0.05, 0) is 25.8 Å². The lowest BCUT2D eigenvalue weighted by Gasteiger charge is -2.28. The van der Waals surface area contributed by atoms with Crippen LogP contribution in [0.1, 0.15) is 41.9 Å². The van der Waals surface area contributed by atoms with Gasteiger partial charge in [0.1, 0.15) is 5.69 Å². The summed E-state index contributed by atoms with van der Waals surface area (Å²) in [5, 5.41) is 7.15. The van der Waals surface area contributed by atoms with Gasteiger partial charge in [-0.1, -0.05) is 12.8 Å². The first kappa shape index (κ1) is 12.1. The van der Waals surface area contributed by atoms with E-state index in [-0.39, 0.29) is 18.0 Å². The number of carbonyl (C=O) groups is 1. The predicted octanol–water partition coefficient (Wildman–Crippen LogP) is 0.728. The molecule has 0 unspecified atom stereocenters. The van der Waals surface area contributed by atoms with Crippen LogP contribution in [0.2, 0.25) is 0 Å². The minimum atomic E-state index is -0.115. The van der Waals surface area contributed by atoms with Crippen molar-refractivity contribution in [2.75, 3.05) is 0 Å². The maximum atomic E-state index is 12.0. The largest absolute Gasteiger partial charge is 0.346 e. The summed E-state index contributed by atoms with van der Waals surface area (Å²) in [6.07, 6.45) is 4.26. The molecule has 1 heterocycles. The molecule has 1 aromatic heterocycles. The smallest absolute Gasteiger partial charge is 0.272 e. The maximum absolute atomic E-state index is 12.0. The van der Waals surface area contributed by atoms with Gasteiger partial charge in [-0.3, -0.25) is 9.48 Å². The molecule has 0 saturated heterocycles. The van der Waals surface area contributed by atoms with Gasteiger partial charge in [0.25, 0.3) is 5.91 Å². The quantitative estimate of drug-likeness (QED) is 0.795. The third-order valence-corrected chi connectivity index (χ3v) is 3.48. The molecule has 0 aromatic carbocycles. The average molecular weight is 236 g/mol. The van der Waals surface area contributed by atoms with Gasteiger partial charge in [-0.2, -0.15) is 5.10 Å². The van der Waals surface area contributed by atoms with E-state index >= 15 is 0 Å². The minimum absolute atomic E-state index is 0.0810. The Morgan fingerprint density at radius 2 is 2.24 bits per heavy atom. The van der Waals surface area contributed by atoms with Gasteiger partial charge in [0.15, 0.2) is 0 Å². The van der Waals surface area contributed by atoms with Gasteiger partial charge in [0.05, 0.1) is 0 Å². The van der Waals surface area contributed by atoms with E-state index < -0.39 is 0 Å². The SMILES string of the molecule is Cc1cc(C(=O)N[C@@H]2CCCC[C@H]2N)nn1C. The van der Waals surface area contributed by atoms with Gasteiger partial charge >= 0.3 is 0 Å². The van der Waals surface area contributed by atoms with E-state index in [2.05, 4.69) is 10.4 Å². The first-order chi connectivity index (χ1) is 8.08. The lowest BCUT2D eigenvalue weighted by molar-refractivity contribution is 0.0915. The van der Waals surface area contributed by atoms with Crippen LogP contribution in [0.5, 0.6) is 0 Å². The van der Waals surface area contributed by atoms with Crippen molar-refractivity contribution in [1.29, 1.82) is 0 Å². The second-order valence-electron chi connectivity index (χ2n) is 4.82. The fourth-order valence-corrected chi connectivity index (χ4v) is 2.25. The van der Waals surface area contributed by atoms with Gasteiger partial charge in [-0.15, -0.1) is 0 Å². The lowest BCUT2D eigenvalue weighted by atomic mass is 9.91. The summed E-state index contributed by atoms with van der Waals surface area (Å²) in [5.41, 5.74) is 7.45. The van der Waals surface area contributed by atoms with Crippen LogP contribution in [-0.4, -0.2) is 27.8 Å². The highest BCUT2D eigenvalue weighted by Crippen LogP contribution is 2.17. The molecule has 1 saturated carbocycles. The number of nitrogens with one attached hydrogen (secondary N) is 1. The Balaban J connectivity index is 2.01. The van der Waals surface area contributed by atoms with Gasteiger partial charge in [0, 0.05) is 24.8 Å². The van der Waals surface area contributed by atoms with Crippen molar-refractivity contribution in [1.82, 2.24) is 15.1 Å². The molecule has 0 spiro atoms. The Morgan fingerprint density at radius 1 is 1.53 bits per heavy atom. The molecule has 3 N–H and O–H groups in total. The van der Waals surface area contributed by atoms with Crippen LogP contribution < -0.4 is 11.1 Å². The number of nitrogens with two attached hydrogens (primary N) is 1. The highest BCUT2D eigenvalue weighted by molar-refractivity contribution is 5.92. The van der Waals surface area contributed by atoms with Gasteiger partial charge < -0.3 is 11.1 Å². The molecular weight excluding hydrogens is 216 g/mol. The Morgan fingerprint density at radius 3 is 2.82 bits per heavy atom. The summed E-state index contributed by atoms with van der Waals surface area (Å²) in [7, 11) is 1.83. The summed E-state index contributed by atoms with van der Waals surface area (Å²) in [6.45, 7) is 1.93. The van der Waals surface area contributed by atoms with E-state index in [0.717, 1.165) is 31.4 Å². The van der Waals surface area contributed by atoms with E-state index in [9.17, 15) is 4.79 Å². The number of nitrogens with zero attached hydrogens (tertiary/aromatic N) is 2. The monoisotopic (exact) mass is 236 g/mol. The third-order valence-electron chi connectivity index (χ3n) is 3.48. The van der Waals surface area contributed by atoms with E-state index in [0.29, 0.717) is 5.69 Å². The zero-order valence-corrected chi connectivity index (χ0v) is 10.4. The molecule has 2 rings (SSSR count). The van der Waals surface area contributed by atoms with Crippen LogP contribution >= 0.6 is 0 Å². The van der Waals surface area contributed by atoms with Gasteiger partial charge in [0.2, 0.25) is 0 Å². The maximum Gasteiger partial charge on any atom is 0.272 e. The number of hydrogen-bond acceptors (Lipinski definition) is 3. The third kappa shape index (κ3) is 2.66. The van der Waals surface area contributed by atoms with Crippen molar-refractivity contribution < 1.29 is 4.79 Å². The molecule has 1 aliphatic rings. The number of aryl methyl sites for hydroxylation is 2. The van der Waals surface area contributed by atoms with Crippen molar-refractivity contribution in [3.8, 4) is 0 Å². The van der Waals surface area contributed by atoms with E-state index in [4.69, 9.17) is 5.73 Å². The Bertz CT molecular complexity index is 393. The predicted molar refractivity (Wildman–Crippen MR) is 65.6 cm³/mol. The molecule has 0 radical (unpaired) electrons. The fraction of sp³-hybridized carbons (Fsp3) is 0.667.